The summed E-state index contributed by atoms with van der Waals surface area (Å²) in [6.45, 7) is 0. The van der Waals surface area contributed by atoms with Gasteiger partial charge in [-0.1, -0.05) is 6.07 Å². The molecule has 2 unspecified atom stereocenters. The summed E-state index contributed by atoms with van der Waals surface area (Å²) >= 11 is 0. The van der Waals surface area contributed by atoms with Crippen LogP contribution < -0.4 is 15.2 Å². The van der Waals surface area contributed by atoms with Crippen LogP contribution in [0.25, 0.3) is 10.8 Å². The van der Waals surface area contributed by atoms with Crippen LogP contribution in [0.15, 0.2) is 36.4 Å². The Hall–Kier alpha value is -3.24. The van der Waals surface area contributed by atoms with Gasteiger partial charge < -0.3 is 15.2 Å². The average Bonchev–Trinajstić information content (AvgIpc) is 2.69. The molecule has 0 spiro atoms. The number of hydrogen-bond donors (Lipinski definition) is 1. The van der Waals surface area contributed by atoms with Crippen molar-refractivity contribution in [1.82, 2.24) is 0 Å². The highest BCUT2D eigenvalue weighted by molar-refractivity contribution is 5.91. The Labute approximate surface area is 158 Å². The van der Waals surface area contributed by atoms with Gasteiger partial charge in [0.1, 0.15) is 29.5 Å². The normalized spacial score (nSPS) is 18.3. The molecule has 28 heavy (non-hydrogen) atoms. The lowest BCUT2D eigenvalue weighted by Crippen LogP contribution is -2.38. The van der Waals surface area contributed by atoms with Crippen LogP contribution in [0.2, 0.25) is 0 Å². The molecule has 1 aliphatic heterocycles. The number of methoxy groups -OCH3 is 1. The summed E-state index contributed by atoms with van der Waals surface area (Å²) in [5.74, 6) is -2.45. The highest BCUT2D eigenvalue weighted by atomic mass is 19.2. The quantitative estimate of drug-likeness (QED) is 0.675. The summed E-state index contributed by atoms with van der Waals surface area (Å²) in [5, 5.41) is 10.9. The molecule has 1 heterocycles. The highest BCUT2D eigenvalue weighted by Gasteiger charge is 2.32. The SMILES string of the molecule is COc1cc2c3c(ccc2cc1C#N)OC(c1cc(F)c(F)cc1F)C(N)C3. The second-order valence-corrected chi connectivity index (χ2v) is 6.62. The maximum Gasteiger partial charge on any atom is 0.161 e. The van der Waals surface area contributed by atoms with Crippen LogP contribution in [0.3, 0.4) is 0 Å². The Bertz CT molecular complexity index is 1140. The first-order chi connectivity index (χ1) is 13.4. The van der Waals surface area contributed by atoms with Crippen molar-refractivity contribution in [2.45, 2.75) is 18.6 Å². The van der Waals surface area contributed by atoms with Gasteiger partial charge in [-0.05, 0) is 41.5 Å². The second kappa shape index (κ2) is 6.73. The van der Waals surface area contributed by atoms with Gasteiger partial charge in [-0.25, -0.2) is 13.2 Å². The first-order valence-corrected chi connectivity index (χ1v) is 8.53. The number of nitrogens with zero attached hydrogens (tertiary/aromatic N) is 1. The Morgan fingerprint density at radius 3 is 2.57 bits per heavy atom. The van der Waals surface area contributed by atoms with E-state index in [1.807, 2.05) is 0 Å². The van der Waals surface area contributed by atoms with Crippen molar-refractivity contribution in [3.8, 4) is 17.6 Å². The molecule has 7 heteroatoms. The van der Waals surface area contributed by atoms with E-state index in [9.17, 15) is 18.4 Å². The first kappa shape index (κ1) is 18.1. The van der Waals surface area contributed by atoms with Crippen LogP contribution in [0.1, 0.15) is 22.8 Å². The van der Waals surface area contributed by atoms with Crippen LogP contribution in [0, 0.1) is 28.8 Å². The number of rotatable bonds is 2. The van der Waals surface area contributed by atoms with Crippen LogP contribution in [0.4, 0.5) is 13.2 Å². The molecule has 0 saturated heterocycles. The molecule has 0 aromatic heterocycles. The number of halogens is 3. The van der Waals surface area contributed by atoms with E-state index in [1.165, 1.54) is 7.11 Å². The van der Waals surface area contributed by atoms with E-state index >= 15 is 0 Å². The Balaban J connectivity index is 1.82. The molecule has 3 aromatic carbocycles. The zero-order valence-corrected chi connectivity index (χ0v) is 14.8. The van der Waals surface area contributed by atoms with Crippen LogP contribution in [0.5, 0.6) is 11.5 Å². The third kappa shape index (κ3) is 2.83. The smallest absolute Gasteiger partial charge is 0.161 e. The molecule has 0 amide bonds. The van der Waals surface area contributed by atoms with E-state index in [1.54, 1.807) is 24.3 Å². The average molecular weight is 384 g/mol. The molecule has 0 radical (unpaired) electrons. The van der Waals surface area contributed by atoms with Gasteiger partial charge in [0.2, 0.25) is 0 Å². The summed E-state index contributed by atoms with van der Waals surface area (Å²) in [7, 11) is 1.47. The summed E-state index contributed by atoms with van der Waals surface area (Å²) < 4.78 is 52.2. The van der Waals surface area contributed by atoms with E-state index in [0.717, 1.165) is 22.4 Å². The van der Waals surface area contributed by atoms with E-state index in [-0.39, 0.29) is 5.56 Å². The van der Waals surface area contributed by atoms with E-state index in [0.29, 0.717) is 29.5 Å². The molecule has 0 bridgehead atoms. The number of nitriles is 1. The fraction of sp³-hybridized carbons (Fsp3) is 0.190. The Morgan fingerprint density at radius 2 is 1.86 bits per heavy atom. The predicted octanol–water partition coefficient (Wildman–Crippen LogP) is 4.14. The number of ether oxygens (including phenoxy) is 2. The third-order valence-corrected chi connectivity index (χ3v) is 4.96. The predicted molar refractivity (Wildman–Crippen MR) is 96.6 cm³/mol. The van der Waals surface area contributed by atoms with Gasteiger partial charge in [0.15, 0.2) is 11.6 Å². The van der Waals surface area contributed by atoms with Crippen LogP contribution in [-0.4, -0.2) is 13.2 Å². The van der Waals surface area contributed by atoms with Crippen LogP contribution >= 0.6 is 0 Å². The molecule has 0 saturated carbocycles. The van der Waals surface area contributed by atoms with Gasteiger partial charge in [0.05, 0.1) is 18.7 Å². The van der Waals surface area contributed by atoms with Gasteiger partial charge in [-0.15, -0.1) is 0 Å². The van der Waals surface area contributed by atoms with Crippen molar-refractivity contribution in [2.24, 2.45) is 5.73 Å². The van der Waals surface area contributed by atoms with Crippen molar-refractivity contribution < 1.29 is 22.6 Å². The van der Waals surface area contributed by atoms with Gasteiger partial charge in [-0.3, -0.25) is 0 Å². The third-order valence-electron chi connectivity index (χ3n) is 4.96. The molecule has 142 valence electrons. The van der Waals surface area contributed by atoms with Crippen molar-refractivity contribution in [3.63, 3.8) is 0 Å². The number of benzene rings is 3. The van der Waals surface area contributed by atoms with Crippen molar-refractivity contribution in [2.75, 3.05) is 7.11 Å². The molecule has 4 rings (SSSR count). The zero-order chi connectivity index (χ0) is 20.0. The summed E-state index contributed by atoms with van der Waals surface area (Å²) in [6, 6.07) is 9.59. The van der Waals surface area contributed by atoms with Crippen LogP contribution in [-0.2, 0) is 6.42 Å². The van der Waals surface area contributed by atoms with E-state index in [2.05, 4.69) is 6.07 Å². The largest absolute Gasteiger partial charge is 0.495 e. The number of fused-ring (bicyclic) bond motifs is 3. The molecule has 1 aliphatic rings. The monoisotopic (exact) mass is 384 g/mol. The van der Waals surface area contributed by atoms with Gasteiger partial charge in [0.25, 0.3) is 0 Å². The maximum absolute atomic E-state index is 14.2. The number of nitrogens with two attached hydrogens (primary N) is 1. The Morgan fingerprint density at radius 1 is 1.11 bits per heavy atom. The molecule has 2 atom stereocenters. The molecular formula is C21H15F3N2O2. The molecule has 3 aromatic rings. The fourth-order valence-corrected chi connectivity index (χ4v) is 3.59. The zero-order valence-electron chi connectivity index (χ0n) is 14.8. The molecule has 4 nitrogen and oxygen atoms in total. The molecule has 2 N–H and O–H groups in total. The summed E-state index contributed by atoms with van der Waals surface area (Å²) in [6.07, 6.45) is -0.634. The highest BCUT2D eigenvalue weighted by Crippen LogP contribution is 2.40. The van der Waals surface area contributed by atoms with Gasteiger partial charge in [0, 0.05) is 17.2 Å². The lowest BCUT2D eigenvalue weighted by Gasteiger charge is -2.32. The molecular weight excluding hydrogens is 369 g/mol. The minimum absolute atomic E-state index is 0.130. The minimum atomic E-state index is -1.27. The van der Waals surface area contributed by atoms with E-state index < -0.39 is 29.6 Å². The van der Waals surface area contributed by atoms with E-state index in [4.69, 9.17) is 15.2 Å². The van der Waals surface area contributed by atoms with Crippen molar-refractivity contribution in [1.29, 1.82) is 5.26 Å². The van der Waals surface area contributed by atoms with Crippen molar-refractivity contribution in [3.05, 3.63) is 70.5 Å². The summed E-state index contributed by atoms with van der Waals surface area (Å²) in [4.78, 5) is 0. The second-order valence-electron chi connectivity index (χ2n) is 6.62. The fourth-order valence-electron chi connectivity index (χ4n) is 3.59. The molecule has 0 fully saturated rings. The Kier molecular flexibility index (Phi) is 4.36. The van der Waals surface area contributed by atoms with Gasteiger partial charge >= 0.3 is 0 Å². The lowest BCUT2D eigenvalue weighted by atomic mass is 9.89. The number of hydrogen-bond acceptors (Lipinski definition) is 4. The standard InChI is InChI=1S/C21H15F3N2O2/c1-27-20-7-12-10(4-11(20)9-25)2-3-19-13(12)6-18(26)21(28-19)14-5-16(23)17(24)8-15(14)22/h2-5,7-8,18,21H,6,26H2,1H3. The maximum atomic E-state index is 14.2. The molecule has 0 aliphatic carbocycles. The lowest BCUT2D eigenvalue weighted by molar-refractivity contribution is 0.149. The topological polar surface area (TPSA) is 68.3 Å². The van der Waals surface area contributed by atoms with Gasteiger partial charge in [-0.2, -0.15) is 5.26 Å². The minimum Gasteiger partial charge on any atom is -0.495 e. The van der Waals surface area contributed by atoms with Crippen molar-refractivity contribution >= 4 is 10.8 Å². The first-order valence-electron chi connectivity index (χ1n) is 8.53. The summed E-state index contributed by atoms with van der Waals surface area (Å²) in [5.41, 5.74) is 7.26.